The third kappa shape index (κ3) is 6.66. The Balaban J connectivity index is 1.77. The van der Waals surface area contributed by atoms with Crippen molar-refractivity contribution in [1.29, 1.82) is 0 Å². The Morgan fingerprint density at radius 2 is 1.63 bits per heavy atom. The summed E-state index contributed by atoms with van der Waals surface area (Å²) < 4.78 is 41.3. The number of anilines is 1. The van der Waals surface area contributed by atoms with Crippen LogP contribution in [0.25, 0.3) is 10.8 Å². The van der Waals surface area contributed by atoms with Crippen molar-refractivity contribution < 1.29 is 31.7 Å². The second-order valence-corrected chi connectivity index (χ2v) is 9.63. The topological polar surface area (TPSA) is 108 Å². The Hall–Kier alpha value is -3.27. The molecule has 186 valence electrons. The van der Waals surface area contributed by atoms with Gasteiger partial charge in [0.15, 0.2) is 0 Å². The zero-order valence-corrected chi connectivity index (χ0v) is 20.7. The highest BCUT2D eigenvalue weighted by Gasteiger charge is 2.29. The van der Waals surface area contributed by atoms with Gasteiger partial charge in [0.25, 0.3) is 10.1 Å². The number of amides is 1. The van der Waals surface area contributed by atoms with Gasteiger partial charge in [0.1, 0.15) is 16.4 Å². The van der Waals surface area contributed by atoms with Crippen LogP contribution in [0.5, 0.6) is 5.75 Å². The largest absolute Gasteiger partial charge is 0.493 e. The van der Waals surface area contributed by atoms with E-state index in [1.807, 2.05) is 30.3 Å². The zero-order valence-electron chi connectivity index (χ0n) is 19.9. The van der Waals surface area contributed by atoms with Crippen molar-refractivity contribution in [3.8, 4) is 5.75 Å². The number of para-hydroxylation sites is 1. The molecule has 0 aromatic heterocycles. The van der Waals surface area contributed by atoms with E-state index in [1.54, 1.807) is 30.3 Å². The molecule has 2 atom stereocenters. The van der Waals surface area contributed by atoms with Gasteiger partial charge in [-0.05, 0) is 30.5 Å². The number of benzene rings is 3. The first-order chi connectivity index (χ1) is 16.8. The van der Waals surface area contributed by atoms with Crippen molar-refractivity contribution in [3.05, 3.63) is 66.7 Å². The number of carbonyl (C=O) groups is 2. The van der Waals surface area contributed by atoms with E-state index in [0.29, 0.717) is 29.5 Å². The molecule has 3 aromatic carbocycles. The van der Waals surface area contributed by atoms with Gasteiger partial charge in [-0.2, -0.15) is 8.42 Å². The first-order valence-corrected chi connectivity index (χ1v) is 12.5. The molecule has 0 saturated heterocycles. The number of ether oxygens (including phenoxy) is 2. The summed E-state index contributed by atoms with van der Waals surface area (Å²) >= 11 is 0. The van der Waals surface area contributed by atoms with E-state index in [9.17, 15) is 18.0 Å². The highest BCUT2D eigenvalue weighted by Crippen LogP contribution is 2.32. The van der Waals surface area contributed by atoms with Crippen LogP contribution in [-0.2, 0) is 28.6 Å². The van der Waals surface area contributed by atoms with Gasteiger partial charge in [-0.15, -0.1) is 0 Å². The highest BCUT2D eigenvalue weighted by molar-refractivity contribution is 7.87. The number of fused-ring (bicyclic) bond motifs is 1. The quantitative estimate of drug-likeness (QED) is 0.372. The summed E-state index contributed by atoms with van der Waals surface area (Å²) in [7, 11) is -1.58. The summed E-state index contributed by atoms with van der Waals surface area (Å²) in [5.74, 6) is -0.765. The predicted octanol–water partition coefficient (Wildman–Crippen LogP) is 4.19. The first kappa shape index (κ1) is 26.3. The van der Waals surface area contributed by atoms with Gasteiger partial charge in [-0.3, -0.25) is 13.8 Å². The Kier molecular flexibility index (Phi) is 8.97. The Labute approximate surface area is 205 Å². The molecule has 0 radical (unpaired) electrons. The van der Waals surface area contributed by atoms with Crippen molar-refractivity contribution in [2.24, 2.45) is 5.92 Å². The van der Waals surface area contributed by atoms with Crippen molar-refractivity contribution in [2.75, 3.05) is 26.1 Å². The van der Waals surface area contributed by atoms with Crippen LogP contribution in [0.15, 0.2) is 71.6 Å². The Morgan fingerprint density at radius 1 is 0.943 bits per heavy atom. The summed E-state index contributed by atoms with van der Waals surface area (Å²) in [6, 6.07) is 19.4. The first-order valence-electron chi connectivity index (χ1n) is 11.1. The molecular formula is C26H29NO7S. The van der Waals surface area contributed by atoms with Crippen molar-refractivity contribution in [1.82, 2.24) is 0 Å². The number of hydrogen-bond acceptors (Lipinski definition) is 7. The fourth-order valence-electron chi connectivity index (χ4n) is 3.92. The molecule has 0 bridgehead atoms. The minimum absolute atomic E-state index is 0.0826. The smallest absolute Gasteiger partial charge is 0.299 e. The maximum atomic E-state index is 13.0. The number of nitrogens with one attached hydrogen (secondary N) is 1. The normalized spacial score (nSPS) is 13.2. The number of hydrogen-bond donors (Lipinski definition) is 1. The molecule has 0 aliphatic rings. The predicted molar refractivity (Wildman–Crippen MR) is 133 cm³/mol. The second kappa shape index (κ2) is 11.9. The number of ketones is 1. The van der Waals surface area contributed by atoms with Crippen molar-refractivity contribution in [2.45, 2.75) is 30.8 Å². The summed E-state index contributed by atoms with van der Waals surface area (Å²) in [4.78, 5) is 25.2. The molecule has 3 aromatic rings. The lowest BCUT2D eigenvalue weighted by atomic mass is 9.92. The molecule has 8 nitrogen and oxygen atoms in total. The number of rotatable bonds is 12. The zero-order chi connectivity index (χ0) is 25.4. The van der Waals surface area contributed by atoms with Crippen LogP contribution in [-0.4, -0.2) is 47.0 Å². The van der Waals surface area contributed by atoms with Gasteiger partial charge in [-0.1, -0.05) is 48.5 Å². The SMILES string of the molecule is COC(CCOc1ccccc1)C(CC(=O)Nc1ccc2ccccc2c1S(=O)(=O)OC)C(C)=O. The average molecular weight is 500 g/mol. The van der Waals surface area contributed by atoms with E-state index < -0.39 is 28.0 Å². The molecule has 3 rings (SSSR count). The van der Waals surface area contributed by atoms with Crippen LogP contribution < -0.4 is 10.1 Å². The van der Waals surface area contributed by atoms with Crippen LogP contribution in [0.4, 0.5) is 5.69 Å². The minimum Gasteiger partial charge on any atom is -0.493 e. The molecule has 0 aliphatic carbocycles. The lowest BCUT2D eigenvalue weighted by Crippen LogP contribution is -2.33. The van der Waals surface area contributed by atoms with Crippen LogP contribution in [0, 0.1) is 5.92 Å². The summed E-state index contributed by atoms with van der Waals surface area (Å²) in [5.41, 5.74) is 0.0826. The second-order valence-electron chi connectivity index (χ2n) is 7.98. The fourth-order valence-corrected chi connectivity index (χ4v) is 4.94. The lowest BCUT2D eigenvalue weighted by Gasteiger charge is -2.24. The molecular weight excluding hydrogens is 470 g/mol. The molecule has 9 heteroatoms. The van der Waals surface area contributed by atoms with Gasteiger partial charge in [-0.25, -0.2) is 0 Å². The summed E-state index contributed by atoms with van der Waals surface area (Å²) in [6.07, 6.45) is -0.346. The molecule has 2 unspecified atom stereocenters. The number of Topliss-reactive ketones (excluding diaryl/α,β-unsaturated/α-hetero) is 1. The number of methoxy groups -OCH3 is 1. The van der Waals surface area contributed by atoms with E-state index in [2.05, 4.69) is 5.32 Å². The lowest BCUT2D eigenvalue weighted by molar-refractivity contribution is -0.130. The van der Waals surface area contributed by atoms with E-state index in [-0.39, 0.29) is 22.8 Å². The van der Waals surface area contributed by atoms with Crippen molar-refractivity contribution in [3.63, 3.8) is 0 Å². The maximum absolute atomic E-state index is 13.0. The Morgan fingerprint density at radius 3 is 2.29 bits per heavy atom. The van der Waals surface area contributed by atoms with Crippen molar-refractivity contribution >= 4 is 38.3 Å². The maximum Gasteiger partial charge on any atom is 0.299 e. The third-order valence-electron chi connectivity index (χ3n) is 5.72. The molecule has 1 N–H and O–H groups in total. The monoisotopic (exact) mass is 499 g/mol. The molecule has 35 heavy (non-hydrogen) atoms. The van der Waals surface area contributed by atoms with Gasteiger partial charge in [0.2, 0.25) is 5.91 Å². The van der Waals surface area contributed by atoms with Gasteiger partial charge >= 0.3 is 0 Å². The van der Waals surface area contributed by atoms with Gasteiger partial charge in [0.05, 0.1) is 31.4 Å². The summed E-state index contributed by atoms with van der Waals surface area (Å²) in [5, 5.41) is 3.75. The van der Waals surface area contributed by atoms with Crippen LogP contribution in [0.1, 0.15) is 19.8 Å². The molecule has 0 aliphatic heterocycles. The number of carbonyl (C=O) groups excluding carboxylic acids is 2. The minimum atomic E-state index is -4.13. The molecule has 0 heterocycles. The van der Waals surface area contributed by atoms with Crippen LogP contribution in [0.3, 0.4) is 0 Å². The molecule has 0 fully saturated rings. The van der Waals surface area contributed by atoms with E-state index in [1.165, 1.54) is 20.1 Å². The van der Waals surface area contributed by atoms with Crippen LogP contribution in [0.2, 0.25) is 0 Å². The molecule has 0 saturated carbocycles. The van der Waals surface area contributed by atoms with Gasteiger partial charge in [0, 0.05) is 25.3 Å². The third-order valence-corrected chi connectivity index (χ3v) is 7.10. The van der Waals surface area contributed by atoms with E-state index >= 15 is 0 Å². The van der Waals surface area contributed by atoms with E-state index in [4.69, 9.17) is 13.7 Å². The molecule has 0 spiro atoms. The average Bonchev–Trinajstić information content (AvgIpc) is 2.85. The summed E-state index contributed by atoms with van der Waals surface area (Å²) in [6.45, 7) is 1.70. The van der Waals surface area contributed by atoms with Gasteiger partial charge < -0.3 is 14.8 Å². The molecule has 1 amide bonds. The van der Waals surface area contributed by atoms with Crippen LogP contribution >= 0.6 is 0 Å². The fraction of sp³-hybridized carbons (Fsp3) is 0.308. The Bertz CT molecular complexity index is 1280. The van der Waals surface area contributed by atoms with E-state index in [0.717, 1.165) is 7.11 Å². The highest BCUT2D eigenvalue weighted by atomic mass is 32.2. The standard InChI is InChI=1S/C26H29NO7S/c1-18(28)22(24(32-2)15-16-34-20-10-5-4-6-11-20)17-25(29)27-23-14-13-19-9-7-8-12-21(19)26(23)35(30,31)33-3/h4-14,22,24H,15-17H2,1-3H3,(H,27,29).